The number of rotatable bonds is 2. The number of alkyl halides is 5. The second-order valence-corrected chi connectivity index (χ2v) is 22.2. The lowest BCUT2D eigenvalue weighted by molar-refractivity contribution is 0.101. The summed E-state index contributed by atoms with van der Waals surface area (Å²) in [5.41, 5.74) is 0.622. The minimum atomic E-state index is -0.586. The van der Waals surface area contributed by atoms with Crippen LogP contribution in [0.4, 0.5) is 8.78 Å². The number of hydrogen-bond acceptors (Lipinski definition) is 5. The molecule has 2 aromatic rings. The number of Topliss-reactive ketones (excluding diaryl/α,β-unsaturated/α-hetero) is 1. The zero-order chi connectivity index (χ0) is 25.6. The predicted molar refractivity (Wildman–Crippen MR) is 174 cm³/mol. The molecular formula is C18H16Br2F2I5NO4. The number of carbonyl (C=O) groups excluding carboxylic acids is 1. The highest BCUT2D eigenvalue weighted by Crippen LogP contribution is 2.26. The van der Waals surface area contributed by atoms with Gasteiger partial charge >= 0.3 is 0 Å². The van der Waals surface area contributed by atoms with Gasteiger partial charge in [-0.25, -0.2) is 8.78 Å². The van der Waals surface area contributed by atoms with E-state index in [-0.39, 0.29) is 43.1 Å². The molecule has 0 spiro atoms. The fourth-order valence-electron chi connectivity index (χ4n) is 1.70. The number of phenolic OH excluding ortho intramolecular Hbond substituents is 2. The zero-order valence-electron chi connectivity index (χ0n) is 16.2. The van der Waals surface area contributed by atoms with Crippen LogP contribution in [0, 0.1) is 11.6 Å². The van der Waals surface area contributed by atoms with Gasteiger partial charge in [0.05, 0.1) is 22.7 Å². The van der Waals surface area contributed by atoms with Gasteiger partial charge in [-0.2, -0.15) is 0 Å². The monoisotopic (exact) mass is 1140 g/mol. The quantitative estimate of drug-likeness (QED) is 0.0699. The highest BCUT2D eigenvalue weighted by Gasteiger charge is 2.11. The minimum absolute atomic E-state index is 0.114. The van der Waals surface area contributed by atoms with Gasteiger partial charge in [-0.05, 0) is 57.8 Å². The Morgan fingerprint density at radius 3 is 1.56 bits per heavy atom. The number of ketones is 1. The van der Waals surface area contributed by atoms with E-state index in [2.05, 4.69) is 150 Å². The van der Waals surface area contributed by atoms with Crippen molar-refractivity contribution in [2.75, 3.05) is 2.43 Å². The molecule has 3 N–H and O–H groups in total. The molecule has 14 heteroatoms. The molecule has 0 fully saturated rings. The van der Waals surface area contributed by atoms with Crippen LogP contribution < -0.4 is 0 Å². The number of benzene rings is 2. The van der Waals surface area contributed by atoms with E-state index in [9.17, 15) is 18.7 Å². The van der Waals surface area contributed by atoms with Crippen molar-refractivity contribution >= 4 is 156 Å². The Morgan fingerprint density at radius 2 is 1.25 bits per heavy atom. The summed E-state index contributed by atoms with van der Waals surface area (Å²) < 4.78 is 27.8. The fourth-order valence-corrected chi connectivity index (χ4v) is 2.39. The van der Waals surface area contributed by atoms with Crippen molar-refractivity contribution in [2.24, 2.45) is 5.16 Å². The molecule has 0 aliphatic heterocycles. The number of phenols is 2. The summed E-state index contributed by atoms with van der Waals surface area (Å²) in [6.45, 7) is 2.80. The third-order valence-electron chi connectivity index (χ3n) is 3.00. The van der Waals surface area contributed by atoms with Crippen LogP contribution in [0.15, 0.2) is 38.4 Å². The van der Waals surface area contributed by atoms with Gasteiger partial charge in [-0.3, -0.25) is 4.79 Å². The lowest BCUT2D eigenvalue weighted by Gasteiger charge is -2.03. The van der Waals surface area contributed by atoms with E-state index in [1.807, 2.05) is 0 Å². The molecule has 0 aliphatic rings. The summed E-state index contributed by atoms with van der Waals surface area (Å²) in [5, 5.41) is 29.7. The molecular weight excluding hydrogens is 1130 g/mol. The maximum atomic E-state index is 12.8. The van der Waals surface area contributed by atoms with Crippen molar-refractivity contribution in [3.05, 3.63) is 56.0 Å². The smallest absolute Gasteiger partial charge is 0.163 e. The Balaban J connectivity index is 0. The summed E-state index contributed by atoms with van der Waals surface area (Å²) in [6, 6.07) is 4.46. The molecule has 0 saturated heterocycles. The largest absolute Gasteiger partial charge is 0.507 e. The maximum absolute atomic E-state index is 12.8. The molecule has 0 aromatic heterocycles. The van der Waals surface area contributed by atoms with Crippen molar-refractivity contribution < 1.29 is 29.0 Å². The van der Waals surface area contributed by atoms with Gasteiger partial charge in [0.25, 0.3) is 0 Å². The first-order valence-corrected chi connectivity index (χ1v) is 16.2. The molecule has 2 aromatic carbocycles. The topological polar surface area (TPSA) is 90.1 Å². The number of halogens is 9. The Bertz CT molecular complexity index is 919. The number of aromatic hydroxyl groups is 2. The molecule has 0 bridgehead atoms. The number of carbonyl (C=O) groups is 1. The molecule has 0 heterocycles. The van der Waals surface area contributed by atoms with Gasteiger partial charge in [0.15, 0.2) is 5.78 Å². The van der Waals surface area contributed by atoms with Gasteiger partial charge in [0.1, 0.15) is 23.1 Å². The van der Waals surface area contributed by atoms with E-state index in [0.29, 0.717) is 0 Å². The molecule has 0 amide bonds. The lowest BCUT2D eigenvalue weighted by atomic mass is 10.1. The highest BCUT2D eigenvalue weighted by atomic mass is 127. The van der Waals surface area contributed by atoms with E-state index in [1.54, 1.807) is 0 Å². The van der Waals surface area contributed by atoms with E-state index in [0.717, 1.165) is 12.1 Å². The fraction of sp³-hybridized carbons (Fsp3) is 0.222. The van der Waals surface area contributed by atoms with Crippen LogP contribution in [0.2, 0.25) is 0 Å². The van der Waals surface area contributed by atoms with Crippen LogP contribution in [-0.4, -0.2) is 29.3 Å². The first kappa shape index (κ1) is 35.8. The predicted octanol–water partition coefficient (Wildman–Crippen LogP) is 9.38. The molecule has 5 nitrogen and oxygen atoms in total. The van der Waals surface area contributed by atoms with E-state index in [4.69, 9.17) is 10.3 Å². The average Bonchev–Trinajstić information content (AvgIpc) is 2.67. The van der Waals surface area contributed by atoms with Crippen molar-refractivity contribution in [3.63, 3.8) is 0 Å². The van der Waals surface area contributed by atoms with Gasteiger partial charge in [-0.15, -0.1) is 0 Å². The van der Waals surface area contributed by atoms with Crippen LogP contribution in [0.1, 0.15) is 29.8 Å². The van der Waals surface area contributed by atoms with Gasteiger partial charge < -0.3 is 15.4 Å². The summed E-state index contributed by atoms with van der Waals surface area (Å²) in [4.78, 5) is 10.8. The van der Waals surface area contributed by atoms with Crippen LogP contribution in [0.5, 0.6) is 11.5 Å². The normalized spacial score (nSPS) is 10.2. The van der Waals surface area contributed by atoms with Gasteiger partial charge in [0.2, 0.25) is 0 Å². The minimum Gasteiger partial charge on any atom is -0.507 e. The zero-order valence-corrected chi connectivity index (χ0v) is 30.2. The first-order chi connectivity index (χ1) is 14.7. The van der Waals surface area contributed by atoms with Crippen molar-refractivity contribution in [2.45, 2.75) is 13.8 Å². The first-order valence-electron chi connectivity index (χ1n) is 7.83. The second kappa shape index (κ2) is 19.8. The van der Waals surface area contributed by atoms with Crippen LogP contribution in [0.25, 0.3) is 0 Å². The van der Waals surface area contributed by atoms with Crippen LogP contribution >= 0.6 is 145 Å². The number of nitrogens with zero attached hydrogens (tertiary/aromatic N) is 1. The van der Waals surface area contributed by atoms with E-state index >= 15 is 0 Å². The third kappa shape index (κ3) is 15.6. The maximum Gasteiger partial charge on any atom is 0.163 e. The third-order valence-corrected chi connectivity index (χ3v) is 4.21. The van der Waals surface area contributed by atoms with Crippen LogP contribution in [0.3, 0.4) is 0 Å². The Kier molecular flexibility index (Phi) is 22.1. The van der Waals surface area contributed by atoms with Gasteiger partial charge in [-0.1, -0.05) is 118 Å². The standard InChI is InChI=1S/C8H7BrFNO2.C8H6BrFO2.CHI3.CH2I2/c1-4(11-13)5-2-6(9)7(10)3-8(5)12;1-4(11)5-2-6(9)7(10)3-8(5)12;2-1(3)4;2-1-3/h2-3,12-13H,1H3;2-3,12H,1H3;1H;1H2/b11-4+;;;. The molecule has 0 radical (unpaired) electrons. The molecule has 0 atom stereocenters. The van der Waals surface area contributed by atoms with Crippen molar-refractivity contribution in [3.8, 4) is 11.5 Å². The molecule has 180 valence electrons. The van der Waals surface area contributed by atoms with Crippen molar-refractivity contribution in [1.82, 2.24) is 0 Å². The molecule has 0 unspecified atom stereocenters. The molecule has 0 aliphatic carbocycles. The number of oxime groups is 1. The van der Waals surface area contributed by atoms with Crippen LogP contribution in [-0.2, 0) is 0 Å². The number of hydrogen-bond donors (Lipinski definition) is 3. The Labute approximate surface area is 269 Å². The van der Waals surface area contributed by atoms with E-state index < -0.39 is 11.6 Å². The van der Waals surface area contributed by atoms with Crippen molar-refractivity contribution in [1.29, 1.82) is 0 Å². The highest BCUT2D eigenvalue weighted by molar-refractivity contribution is 14.3. The Hall–Kier alpha value is 1.65. The SMILES string of the molecule is C/C(=N\O)c1cc(Br)c(F)cc1O.CC(=O)c1cc(Br)c(F)cc1O.IC(I)I.ICI. The second-order valence-electron chi connectivity index (χ2n) is 5.16. The lowest BCUT2D eigenvalue weighted by Crippen LogP contribution is -1.96. The summed E-state index contributed by atoms with van der Waals surface area (Å²) in [5.74, 6) is -2.03. The van der Waals surface area contributed by atoms with E-state index in [1.165, 1.54) is 28.4 Å². The molecule has 2 rings (SSSR count). The average molecular weight is 1140 g/mol. The Morgan fingerprint density at radius 1 is 0.938 bits per heavy atom. The molecule has 32 heavy (non-hydrogen) atoms. The summed E-state index contributed by atoms with van der Waals surface area (Å²) in [7, 11) is 0. The summed E-state index contributed by atoms with van der Waals surface area (Å²) >= 11 is 17.4. The summed E-state index contributed by atoms with van der Waals surface area (Å²) in [6.07, 6.45) is 0. The molecule has 0 saturated carbocycles. The van der Waals surface area contributed by atoms with Gasteiger partial charge in [0, 0.05) is 17.7 Å².